The van der Waals surface area contributed by atoms with Gasteiger partial charge in [0.2, 0.25) is 15.9 Å². The molecule has 0 aliphatic heterocycles. The Kier molecular flexibility index (Phi) is 7.20. The van der Waals surface area contributed by atoms with Crippen molar-refractivity contribution in [2.45, 2.75) is 23.9 Å². The molecule has 1 heterocycles. The van der Waals surface area contributed by atoms with Crippen molar-refractivity contribution in [1.29, 1.82) is 0 Å². The number of nitrogens with zero attached hydrogens (tertiary/aromatic N) is 1. The van der Waals surface area contributed by atoms with Crippen LogP contribution in [0.4, 0.5) is 0 Å². The first-order chi connectivity index (χ1) is 16.5. The smallest absolute Gasteiger partial charge is 0.243 e. The lowest BCUT2D eigenvalue weighted by atomic mass is 10.1. The number of carbonyl (C=O) groups is 1. The van der Waals surface area contributed by atoms with Gasteiger partial charge in [-0.25, -0.2) is 8.42 Å². The van der Waals surface area contributed by atoms with Crippen molar-refractivity contribution in [3.05, 3.63) is 102 Å². The fourth-order valence-corrected chi connectivity index (χ4v) is 5.01. The van der Waals surface area contributed by atoms with E-state index in [0.29, 0.717) is 16.7 Å². The molecule has 2 N–H and O–H groups in total. The number of benzene rings is 3. The molecule has 0 saturated carbocycles. The van der Waals surface area contributed by atoms with Crippen LogP contribution in [0.5, 0.6) is 5.75 Å². The lowest BCUT2D eigenvalue weighted by Crippen LogP contribution is -2.47. The minimum absolute atomic E-state index is 0.0339. The number of fused-ring (bicyclic) bond motifs is 1. The maximum atomic E-state index is 13.4. The summed E-state index contributed by atoms with van der Waals surface area (Å²) >= 11 is 0. The van der Waals surface area contributed by atoms with E-state index < -0.39 is 22.0 Å². The molecule has 1 atom stereocenters. The monoisotopic (exact) mass is 475 g/mol. The van der Waals surface area contributed by atoms with Crippen molar-refractivity contribution in [1.82, 2.24) is 15.0 Å². The molecule has 8 heteroatoms. The van der Waals surface area contributed by atoms with Crippen molar-refractivity contribution < 1.29 is 17.9 Å². The third-order valence-corrected chi connectivity index (χ3v) is 6.91. The summed E-state index contributed by atoms with van der Waals surface area (Å²) in [5.41, 5.74) is 2.06. The van der Waals surface area contributed by atoms with E-state index in [1.807, 2.05) is 42.5 Å². The van der Waals surface area contributed by atoms with Gasteiger partial charge in [-0.15, -0.1) is 0 Å². The zero-order valence-electron chi connectivity index (χ0n) is 18.6. The highest BCUT2D eigenvalue weighted by molar-refractivity contribution is 7.89. The Morgan fingerprint density at radius 3 is 2.38 bits per heavy atom. The number of sulfonamides is 1. The number of aromatic nitrogens is 1. The summed E-state index contributed by atoms with van der Waals surface area (Å²) < 4.78 is 34.5. The Balaban J connectivity index is 1.57. The molecule has 0 radical (unpaired) electrons. The number of amides is 1. The highest BCUT2D eigenvalue weighted by atomic mass is 32.2. The van der Waals surface area contributed by atoms with Crippen molar-refractivity contribution in [2.24, 2.45) is 0 Å². The molecule has 0 aliphatic carbocycles. The van der Waals surface area contributed by atoms with E-state index in [0.717, 1.165) is 11.1 Å². The lowest BCUT2D eigenvalue weighted by Gasteiger charge is -2.19. The maximum Gasteiger partial charge on any atom is 0.243 e. The number of methoxy groups -OCH3 is 1. The Bertz CT molecular complexity index is 1370. The molecule has 34 heavy (non-hydrogen) atoms. The van der Waals surface area contributed by atoms with E-state index in [1.165, 1.54) is 6.07 Å². The van der Waals surface area contributed by atoms with Crippen LogP contribution in [0.2, 0.25) is 0 Å². The van der Waals surface area contributed by atoms with Gasteiger partial charge in [0.15, 0.2) is 0 Å². The number of para-hydroxylation sites is 1. The SMILES string of the molecule is COc1ccc(CNC(=O)[C@H](Cc2ccccc2)NS(=O)(=O)c2cccc3cccnc23)cc1. The third kappa shape index (κ3) is 5.59. The molecule has 0 spiro atoms. The average Bonchev–Trinajstić information content (AvgIpc) is 2.87. The first-order valence-electron chi connectivity index (χ1n) is 10.8. The van der Waals surface area contributed by atoms with Crippen LogP contribution >= 0.6 is 0 Å². The molecule has 0 aliphatic rings. The van der Waals surface area contributed by atoms with Gasteiger partial charge in [-0.3, -0.25) is 9.78 Å². The van der Waals surface area contributed by atoms with Gasteiger partial charge in [0.1, 0.15) is 16.7 Å². The van der Waals surface area contributed by atoms with Crippen molar-refractivity contribution >= 4 is 26.8 Å². The molecule has 174 valence electrons. The van der Waals surface area contributed by atoms with Gasteiger partial charge in [-0.2, -0.15) is 4.72 Å². The van der Waals surface area contributed by atoms with Crippen LogP contribution in [-0.4, -0.2) is 32.5 Å². The lowest BCUT2D eigenvalue weighted by molar-refractivity contribution is -0.122. The average molecular weight is 476 g/mol. The number of rotatable bonds is 9. The standard InChI is InChI=1S/C26H25N3O4S/c1-33-22-14-12-20(13-15-22)18-28-26(30)23(17-19-7-3-2-4-8-19)29-34(31,32)24-11-5-9-21-10-6-16-27-25(21)24/h2-16,23,29H,17-18H2,1H3,(H,28,30)/t23-/m0/s1. The number of nitrogens with one attached hydrogen (secondary N) is 2. The fourth-order valence-electron chi connectivity index (χ4n) is 3.64. The Morgan fingerprint density at radius 1 is 0.912 bits per heavy atom. The van der Waals surface area contributed by atoms with Gasteiger partial charge in [0.05, 0.1) is 12.6 Å². The van der Waals surface area contributed by atoms with Crippen LogP contribution in [0.15, 0.2) is 96.0 Å². The zero-order valence-corrected chi connectivity index (χ0v) is 19.5. The van der Waals surface area contributed by atoms with Crippen LogP contribution in [-0.2, 0) is 27.8 Å². The fraction of sp³-hybridized carbons (Fsp3) is 0.154. The summed E-state index contributed by atoms with van der Waals surface area (Å²) in [5, 5.41) is 3.55. The highest BCUT2D eigenvalue weighted by Crippen LogP contribution is 2.21. The van der Waals surface area contributed by atoms with Gasteiger partial charge >= 0.3 is 0 Å². The number of carbonyl (C=O) groups excluding carboxylic acids is 1. The van der Waals surface area contributed by atoms with E-state index in [9.17, 15) is 13.2 Å². The zero-order chi connectivity index (χ0) is 24.0. The summed E-state index contributed by atoms with van der Waals surface area (Å²) in [4.78, 5) is 17.4. The molecule has 7 nitrogen and oxygen atoms in total. The number of hydrogen-bond donors (Lipinski definition) is 2. The predicted molar refractivity (Wildman–Crippen MR) is 131 cm³/mol. The number of hydrogen-bond acceptors (Lipinski definition) is 5. The van der Waals surface area contributed by atoms with Crippen molar-refractivity contribution in [3.63, 3.8) is 0 Å². The van der Waals surface area contributed by atoms with Crippen LogP contribution in [0.1, 0.15) is 11.1 Å². The molecular weight excluding hydrogens is 450 g/mol. The summed E-state index contributed by atoms with van der Waals surface area (Å²) in [6.45, 7) is 0.256. The topological polar surface area (TPSA) is 97.4 Å². The molecule has 1 amide bonds. The first kappa shape index (κ1) is 23.4. The van der Waals surface area contributed by atoms with Gasteiger partial charge in [0.25, 0.3) is 0 Å². The molecule has 0 bridgehead atoms. The molecule has 4 aromatic rings. The minimum Gasteiger partial charge on any atom is -0.497 e. The second-order valence-corrected chi connectivity index (χ2v) is 9.44. The maximum absolute atomic E-state index is 13.4. The molecule has 4 rings (SSSR count). The molecule has 0 fully saturated rings. The summed E-state index contributed by atoms with van der Waals surface area (Å²) in [7, 11) is -2.45. The van der Waals surface area contributed by atoms with E-state index in [4.69, 9.17) is 4.74 Å². The summed E-state index contributed by atoms with van der Waals surface area (Å²) in [6, 6.07) is 24.1. The highest BCUT2D eigenvalue weighted by Gasteiger charge is 2.27. The van der Waals surface area contributed by atoms with Crippen molar-refractivity contribution in [2.75, 3.05) is 7.11 Å². The van der Waals surface area contributed by atoms with Crippen LogP contribution in [0, 0.1) is 0 Å². The quantitative estimate of drug-likeness (QED) is 0.387. The molecular formula is C26H25N3O4S. The second kappa shape index (κ2) is 10.5. The van der Waals surface area contributed by atoms with E-state index >= 15 is 0 Å². The van der Waals surface area contributed by atoms with Crippen LogP contribution < -0.4 is 14.8 Å². The predicted octanol–water partition coefficient (Wildman–Crippen LogP) is 3.45. The number of pyridine rings is 1. The van der Waals surface area contributed by atoms with E-state index in [1.54, 1.807) is 49.7 Å². The van der Waals surface area contributed by atoms with Gasteiger partial charge < -0.3 is 10.1 Å². The molecule has 0 saturated heterocycles. The first-order valence-corrected chi connectivity index (χ1v) is 12.3. The Hall–Kier alpha value is -3.75. The van der Waals surface area contributed by atoms with Crippen LogP contribution in [0.25, 0.3) is 10.9 Å². The third-order valence-electron chi connectivity index (χ3n) is 5.41. The Labute approximate surface area is 198 Å². The number of ether oxygens (including phenoxy) is 1. The summed E-state index contributed by atoms with van der Waals surface area (Å²) in [6.07, 6.45) is 1.75. The van der Waals surface area contributed by atoms with Crippen LogP contribution in [0.3, 0.4) is 0 Å². The normalized spacial score (nSPS) is 12.3. The van der Waals surface area contributed by atoms with Gasteiger partial charge in [0, 0.05) is 18.1 Å². The van der Waals surface area contributed by atoms with E-state index in [2.05, 4.69) is 15.0 Å². The second-order valence-electron chi connectivity index (χ2n) is 7.76. The molecule has 1 aromatic heterocycles. The van der Waals surface area contributed by atoms with Gasteiger partial charge in [-0.05, 0) is 41.8 Å². The molecule has 0 unspecified atom stereocenters. The Morgan fingerprint density at radius 2 is 1.65 bits per heavy atom. The molecule has 3 aromatic carbocycles. The van der Waals surface area contributed by atoms with Crippen molar-refractivity contribution in [3.8, 4) is 5.75 Å². The largest absolute Gasteiger partial charge is 0.497 e. The summed E-state index contributed by atoms with van der Waals surface area (Å²) in [5.74, 6) is 0.296. The van der Waals surface area contributed by atoms with Gasteiger partial charge in [-0.1, -0.05) is 60.7 Å². The minimum atomic E-state index is -4.03. The van der Waals surface area contributed by atoms with E-state index in [-0.39, 0.29) is 17.9 Å².